The van der Waals surface area contributed by atoms with E-state index in [0.29, 0.717) is 0 Å². The van der Waals surface area contributed by atoms with Gasteiger partial charge in [0.15, 0.2) is 0 Å². The predicted octanol–water partition coefficient (Wildman–Crippen LogP) is 3.62. The maximum atomic E-state index is 12.2. The van der Waals surface area contributed by atoms with E-state index in [-0.39, 0.29) is 18.5 Å². The van der Waals surface area contributed by atoms with Crippen molar-refractivity contribution >= 4 is 21.8 Å². The van der Waals surface area contributed by atoms with Crippen molar-refractivity contribution in [3.8, 4) is 5.69 Å². The standard InChI is InChI=1S/C18H19BrN4O/c1-13(20-18(24)12-23-11-17(19)14(2)21-23)15-6-5-7-16(10-15)22-8-3-4-9-22/h3-11,13H,12H2,1-2H3,(H,20,24). The van der Waals surface area contributed by atoms with Gasteiger partial charge in [0.2, 0.25) is 5.91 Å². The molecule has 2 heterocycles. The summed E-state index contributed by atoms with van der Waals surface area (Å²) in [5.74, 6) is -0.0659. The van der Waals surface area contributed by atoms with Gasteiger partial charge in [0.25, 0.3) is 0 Å². The Morgan fingerprint density at radius 1 is 1.29 bits per heavy atom. The van der Waals surface area contributed by atoms with Crippen molar-refractivity contribution in [2.24, 2.45) is 0 Å². The number of aromatic nitrogens is 3. The Bertz CT molecular complexity index is 819. The van der Waals surface area contributed by atoms with Gasteiger partial charge in [-0.25, -0.2) is 0 Å². The van der Waals surface area contributed by atoms with Crippen LogP contribution in [0.25, 0.3) is 5.69 Å². The molecule has 0 bridgehead atoms. The molecule has 5 nitrogen and oxygen atoms in total. The van der Waals surface area contributed by atoms with Crippen LogP contribution in [0.3, 0.4) is 0 Å². The minimum atomic E-state index is -0.0758. The van der Waals surface area contributed by atoms with Gasteiger partial charge in [-0.05, 0) is 59.6 Å². The average molecular weight is 387 g/mol. The molecule has 0 saturated carbocycles. The Kier molecular flexibility index (Phi) is 4.85. The summed E-state index contributed by atoms with van der Waals surface area (Å²) in [4.78, 5) is 12.2. The van der Waals surface area contributed by atoms with Gasteiger partial charge < -0.3 is 9.88 Å². The molecule has 3 aromatic rings. The Morgan fingerprint density at radius 3 is 2.71 bits per heavy atom. The highest BCUT2D eigenvalue weighted by Crippen LogP contribution is 2.17. The Balaban J connectivity index is 1.67. The summed E-state index contributed by atoms with van der Waals surface area (Å²) in [7, 11) is 0. The van der Waals surface area contributed by atoms with Gasteiger partial charge in [-0.15, -0.1) is 0 Å². The zero-order valence-electron chi connectivity index (χ0n) is 13.6. The summed E-state index contributed by atoms with van der Waals surface area (Å²) >= 11 is 3.40. The fourth-order valence-corrected chi connectivity index (χ4v) is 2.87. The highest BCUT2D eigenvalue weighted by molar-refractivity contribution is 9.10. The predicted molar refractivity (Wildman–Crippen MR) is 97.0 cm³/mol. The molecule has 1 N–H and O–H groups in total. The van der Waals surface area contributed by atoms with Crippen LogP contribution in [0, 0.1) is 6.92 Å². The number of halogens is 1. The fourth-order valence-electron chi connectivity index (χ4n) is 2.55. The van der Waals surface area contributed by atoms with Crippen LogP contribution in [0.5, 0.6) is 0 Å². The van der Waals surface area contributed by atoms with Gasteiger partial charge >= 0.3 is 0 Å². The van der Waals surface area contributed by atoms with E-state index in [2.05, 4.69) is 32.4 Å². The van der Waals surface area contributed by atoms with E-state index in [9.17, 15) is 4.79 Å². The number of nitrogens with zero attached hydrogens (tertiary/aromatic N) is 3. The topological polar surface area (TPSA) is 51.9 Å². The summed E-state index contributed by atoms with van der Waals surface area (Å²) in [5.41, 5.74) is 3.01. The lowest BCUT2D eigenvalue weighted by Crippen LogP contribution is -2.30. The maximum Gasteiger partial charge on any atom is 0.242 e. The van der Waals surface area contributed by atoms with E-state index in [1.807, 2.05) is 67.3 Å². The molecule has 0 spiro atoms. The molecule has 1 atom stereocenters. The number of amides is 1. The molecule has 0 fully saturated rings. The van der Waals surface area contributed by atoms with Crippen molar-refractivity contribution in [1.29, 1.82) is 0 Å². The molecule has 1 amide bonds. The summed E-state index contributed by atoms with van der Waals surface area (Å²) in [6.07, 6.45) is 5.81. The van der Waals surface area contributed by atoms with Crippen LogP contribution >= 0.6 is 15.9 Å². The van der Waals surface area contributed by atoms with Gasteiger partial charge in [-0.2, -0.15) is 5.10 Å². The van der Waals surface area contributed by atoms with Crippen molar-refractivity contribution < 1.29 is 4.79 Å². The lowest BCUT2D eigenvalue weighted by atomic mass is 10.1. The van der Waals surface area contributed by atoms with Gasteiger partial charge in [-0.1, -0.05) is 12.1 Å². The number of nitrogens with one attached hydrogen (secondary N) is 1. The van der Waals surface area contributed by atoms with Crippen LogP contribution in [0.15, 0.2) is 59.5 Å². The van der Waals surface area contributed by atoms with E-state index in [0.717, 1.165) is 21.4 Å². The zero-order valence-corrected chi connectivity index (χ0v) is 15.2. The quantitative estimate of drug-likeness (QED) is 0.727. The highest BCUT2D eigenvalue weighted by atomic mass is 79.9. The molecule has 0 aliphatic rings. The first-order valence-electron chi connectivity index (χ1n) is 7.75. The Morgan fingerprint density at radius 2 is 2.04 bits per heavy atom. The summed E-state index contributed by atoms with van der Waals surface area (Å²) in [6, 6.07) is 12.0. The molecule has 1 aromatic carbocycles. The van der Waals surface area contributed by atoms with E-state index >= 15 is 0 Å². The van der Waals surface area contributed by atoms with Crippen LogP contribution in [-0.2, 0) is 11.3 Å². The molecular weight excluding hydrogens is 368 g/mol. The van der Waals surface area contributed by atoms with Gasteiger partial charge in [0.05, 0.1) is 16.2 Å². The van der Waals surface area contributed by atoms with Crippen molar-refractivity contribution in [3.05, 3.63) is 70.7 Å². The number of hydrogen-bond donors (Lipinski definition) is 1. The second kappa shape index (κ2) is 7.05. The van der Waals surface area contributed by atoms with Gasteiger partial charge in [0, 0.05) is 24.3 Å². The van der Waals surface area contributed by atoms with E-state index < -0.39 is 0 Å². The summed E-state index contributed by atoms with van der Waals surface area (Å²) in [6.45, 7) is 4.08. The fraction of sp³-hybridized carbons (Fsp3) is 0.222. The van der Waals surface area contributed by atoms with Crippen LogP contribution in [-0.4, -0.2) is 20.3 Å². The van der Waals surface area contributed by atoms with Crippen LogP contribution in [0.2, 0.25) is 0 Å². The van der Waals surface area contributed by atoms with Crippen LogP contribution in [0.1, 0.15) is 24.2 Å². The molecule has 0 saturated heterocycles. The number of carbonyl (C=O) groups is 1. The van der Waals surface area contributed by atoms with Crippen molar-refractivity contribution in [2.75, 3.05) is 0 Å². The third-order valence-corrected chi connectivity index (χ3v) is 4.62. The lowest BCUT2D eigenvalue weighted by Gasteiger charge is -2.16. The first-order valence-corrected chi connectivity index (χ1v) is 8.54. The van der Waals surface area contributed by atoms with Crippen LogP contribution in [0.4, 0.5) is 0 Å². The number of aryl methyl sites for hydroxylation is 1. The maximum absolute atomic E-state index is 12.2. The Labute approximate surface area is 149 Å². The lowest BCUT2D eigenvalue weighted by molar-refractivity contribution is -0.122. The molecule has 0 radical (unpaired) electrons. The minimum Gasteiger partial charge on any atom is -0.348 e. The normalized spacial score (nSPS) is 12.1. The first kappa shape index (κ1) is 16.5. The molecule has 1 unspecified atom stereocenters. The van der Waals surface area contributed by atoms with Crippen LogP contribution < -0.4 is 5.32 Å². The number of benzene rings is 1. The molecule has 2 aromatic heterocycles. The first-order chi connectivity index (χ1) is 11.5. The molecule has 124 valence electrons. The second-order valence-electron chi connectivity index (χ2n) is 5.73. The molecular formula is C18H19BrN4O. The monoisotopic (exact) mass is 386 g/mol. The molecule has 0 aliphatic carbocycles. The largest absolute Gasteiger partial charge is 0.348 e. The number of hydrogen-bond acceptors (Lipinski definition) is 2. The van der Waals surface area contributed by atoms with E-state index in [1.165, 1.54) is 0 Å². The van der Waals surface area contributed by atoms with Gasteiger partial charge in [0.1, 0.15) is 6.54 Å². The Hall–Kier alpha value is -2.34. The van der Waals surface area contributed by atoms with E-state index in [4.69, 9.17) is 0 Å². The smallest absolute Gasteiger partial charge is 0.242 e. The number of carbonyl (C=O) groups excluding carboxylic acids is 1. The molecule has 0 aliphatic heterocycles. The second-order valence-corrected chi connectivity index (χ2v) is 6.59. The van der Waals surface area contributed by atoms with Gasteiger partial charge in [-0.3, -0.25) is 9.48 Å². The highest BCUT2D eigenvalue weighted by Gasteiger charge is 2.12. The summed E-state index contributed by atoms with van der Waals surface area (Å²) in [5, 5.41) is 7.31. The molecule has 24 heavy (non-hydrogen) atoms. The molecule has 6 heteroatoms. The third-order valence-electron chi connectivity index (χ3n) is 3.84. The zero-order chi connectivity index (χ0) is 17.1. The van der Waals surface area contributed by atoms with Crippen molar-refractivity contribution in [2.45, 2.75) is 26.4 Å². The SMILES string of the molecule is Cc1nn(CC(=O)NC(C)c2cccc(-n3cccc3)c2)cc1Br. The third kappa shape index (κ3) is 3.76. The molecule has 3 rings (SSSR count). The minimum absolute atomic E-state index is 0.0659. The number of rotatable bonds is 5. The van der Waals surface area contributed by atoms with E-state index in [1.54, 1.807) is 4.68 Å². The van der Waals surface area contributed by atoms with Crippen molar-refractivity contribution in [3.63, 3.8) is 0 Å². The van der Waals surface area contributed by atoms with Crippen molar-refractivity contribution in [1.82, 2.24) is 19.7 Å². The average Bonchev–Trinajstić information content (AvgIpc) is 3.18. The summed E-state index contributed by atoms with van der Waals surface area (Å²) < 4.78 is 4.59.